The summed E-state index contributed by atoms with van der Waals surface area (Å²) in [6, 6.07) is 2.20. The van der Waals surface area contributed by atoms with Crippen molar-refractivity contribution in [3.63, 3.8) is 0 Å². The van der Waals surface area contributed by atoms with E-state index in [2.05, 4.69) is 5.32 Å². The number of aryl methyl sites for hydroxylation is 2. The van der Waals surface area contributed by atoms with Gasteiger partial charge in [-0.1, -0.05) is 12.8 Å². The number of nitrogens with zero attached hydrogens (tertiary/aromatic N) is 1. The number of rotatable bonds is 3. The molecule has 3 rings (SSSR count). The Bertz CT molecular complexity index is 739. The lowest BCUT2D eigenvalue weighted by Crippen LogP contribution is -2.33. The molecule has 2 aromatic heterocycles. The second-order valence-corrected chi connectivity index (χ2v) is 6.89. The predicted molar refractivity (Wildman–Crippen MR) is 86.2 cm³/mol. The van der Waals surface area contributed by atoms with E-state index in [1.165, 1.54) is 24.2 Å². The monoisotopic (exact) mass is 304 g/mol. The molecule has 4 nitrogen and oxygen atoms in total. The van der Waals surface area contributed by atoms with Crippen LogP contribution in [0.25, 0.3) is 10.1 Å². The number of carbonyl (C=O) groups is 1. The number of aromatic nitrogens is 1. The average Bonchev–Trinajstić information content (AvgIpc) is 3.06. The molecule has 0 radical (unpaired) electrons. The highest BCUT2D eigenvalue weighted by Crippen LogP contribution is 2.29. The van der Waals surface area contributed by atoms with Gasteiger partial charge >= 0.3 is 0 Å². The van der Waals surface area contributed by atoms with Gasteiger partial charge in [0.25, 0.3) is 11.5 Å². The highest BCUT2D eigenvalue weighted by molar-refractivity contribution is 7.19. The summed E-state index contributed by atoms with van der Waals surface area (Å²) < 4.78 is 2.56. The molecule has 0 aromatic carbocycles. The normalized spacial score (nSPS) is 15.7. The Morgan fingerprint density at radius 3 is 2.81 bits per heavy atom. The maximum Gasteiger partial charge on any atom is 0.260 e. The van der Waals surface area contributed by atoms with Crippen LogP contribution in [0.3, 0.4) is 0 Å². The molecule has 112 valence electrons. The fourth-order valence-electron chi connectivity index (χ4n) is 3.12. The van der Waals surface area contributed by atoms with Gasteiger partial charge in [-0.05, 0) is 32.8 Å². The van der Waals surface area contributed by atoms with E-state index in [9.17, 15) is 9.59 Å². The number of hydrogen-bond donors (Lipinski definition) is 1. The molecule has 1 aliphatic rings. The fraction of sp³-hybridized carbons (Fsp3) is 0.500. The Morgan fingerprint density at radius 2 is 2.14 bits per heavy atom. The van der Waals surface area contributed by atoms with Gasteiger partial charge in [-0.15, -0.1) is 11.3 Å². The van der Waals surface area contributed by atoms with Crippen LogP contribution in [-0.4, -0.2) is 16.5 Å². The van der Waals surface area contributed by atoms with Gasteiger partial charge in [0, 0.05) is 28.4 Å². The molecule has 0 aliphatic heterocycles. The minimum atomic E-state index is -0.0865. The lowest BCUT2D eigenvalue weighted by Gasteiger charge is -2.12. The number of amides is 1. The first-order valence-corrected chi connectivity index (χ1v) is 8.37. The molecule has 1 aliphatic carbocycles. The summed E-state index contributed by atoms with van der Waals surface area (Å²) >= 11 is 1.52. The summed E-state index contributed by atoms with van der Waals surface area (Å²) in [5.74, 6) is -0.0865. The Kier molecular flexibility index (Phi) is 3.85. The van der Waals surface area contributed by atoms with Gasteiger partial charge in [-0.25, -0.2) is 0 Å². The molecule has 1 N–H and O–H groups in total. The molecule has 0 bridgehead atoms. The van der Waals surface area contributed by atoms with Crippen LogP contribution in [0.15, 0.2) is 17.1 Å². The maximum absolute atomic E-state index is 12.6. The van der Waals surface area contributed by atoms with Crippen LogP contribution >= 0.6 is 11.3 Å². The first-order chi connectivity index (χ1) is 10.1. The van der Waals surface area contributed by atoms with Crippen molar-refractivity contribution in [2.45, 2.75) is 52.1 Å². The van der Waals surface area contributed by atoms with E-state index in [0.29, 0.717) is 17.5 Å². The predicted octanol–water partition coefficient (Wildman–Crippen LogP) is 3.06. The molecular formula is C16H20N2O2S. The Hall–Kier alpha value is -1.62. The molecule has 2 aromatic rings. The van der Waals surface area contributed by atoms with Crippen molar-refractivity contribution < 1.29 is 4.79 Å². The summed E-state index contributed by atoms with van der Waals surface area (Å²) in [5, 5.41) is 3.68. The van der Waals surface area contributed by atoms with Gasteiger partial charge in [-0.2, -0.15) is 0 Å². The number of fused-ring (bicyclic) bond motifs is 1. The van der Waals surface area contributed by atoms with E-state index in [0.717, 1.165) is 22.4 Å². The van der Waals surface area contributed by atoms with Crippen LogP contribution in [0.5, 0.6) is 0 Å². The van der Waals surface area contributed by atoms with Crippen LogP contribution in [-0.2, 0) is 6.54 Å². The number of nitrogens with one attached hydrogen (secondary N) is 1. The van der Waals surface area contributed by atoms with Crippen LogP contribution in [0.4, 0.5) is 0 Å². The number of hydrogen-bond acceptors (Lipinski definition) is 3. The van der Waals surface area contributed by atoms with Crippen molar-refractivity contribution in [2.24, 2.45) is 0 Å². The number of pyridine rings is 1. The Labute approximate surface area is 127 Å². The minimum absolute atomic E-state index is 0.0593. The van der Waals surface area contributed by atoms with Gasteiger partial charge in [0.1, 0.15) is 0 Å². The topological polar surface area (TPSA) is 51.1 Å². The first kappa shape index (κ1) is 14.3. The summed E-state index contributed by atoms with van der Waals surface area (Å²) in [5.41, 5.74) is 0.519. The second kappa shape index (κ2) is 5.64. The van der Waals surface area contributed by atoms with Crippen LogP contribution in [0.1, 0.15) is 47.8 Å². The second-order valence-electron chi connectivity index (χ2n) is 5.63. The van der Waals surface area contributed by atoms with Gasteiger partial charge < -0.3 is 9.88 Å². The first-order valence-electron chi connectivity index (χ1n) is 7.55. The average molecular weight is 304 g/mol. The summed E-state index contributed by atoms with van der Waals surface area (Å²) in [4.78, 5) is 26.0. The SMILES string of the molecule is CCn1ccc2sc(C)c(C(=O)NC3CCCC3)c2c1=O. The zero-order chi connectivity index (χ0) is 15.0. The Balaban J connectivity index is 2.06. The summed E-state index contributed by atoms with van der Waals surface area (Å²) in [6.45, 7) is 4.47. The zero-order valence-corrected chi connectivity index (χ0v) is 13.3. The van der Waals surface area contributed by atoms with E-state index in [1.54, 1.807) is 10.8 Å². The highest BCUT2D eigenvalue weighted by Gasteiger charge is 2.23. The van der Waals surface area contributed by atoms with Crippen molar-refractivity contribution in [1.29, 1.82) is 0 Å². The minimum Gasteiger partial charge on any atom is -0.349 e. The molecular weight excluding hydrogens is 284 g/mol. The number of thiophene rings is 1. The van der Waals surface area contributed by atoms with Crippen molar-refractivity contribution in [3.8, 4) is 0 Å². The molecule has 1 amide bonds. The third kappa shape index (κ3) is 2.50. The van der Waals surface area contributed by atoms with Gasteiger partial charge in [-0.3, -0.25) is 9.59 Å². The van der Waals surface area contributed by atoms with E-state index >= 15 is 0 Å². The van der Waals surface area contributed by atoms with E-state index in [1.807, 2.05) is 19.9 Å². The van der Waals surface area contributed by atoms with Gasteiger partial charge in [0.05, 0.1) is 10.9 Å². The van der Waals surface area contributed by atoms with Gasteiger partial charge in [0.2, 0.25) is 0 Å². The van der Waals surface area contributed by atoms with Crippen LogP contribution in [0.2, 0.25) is 0 Å². The van der Waals surface area contributed by atoms with Crippen LogP contribution < -0.4 is 10.9 Å². The largest absolute Gasteiger partial charge is 0.349 e. The summed E-state index contributed by atoms with van der Waals surface area (Å²) in [7, 11) is 0. The third-order valence-electron chi connectivity index (χ3n) is 4.25. The lowest BCUT2D eigenvalue weighted by atomic mass is 10.1. The molecule has 2 heterocycles. The van der Waals surface area contributed by atoms with Gasteiger partial charge in [0.15, 0.2) is 0 Å². The number of carbonyl (C=O) groups excluding carboxylic acids is 1. The molecule has 1 saturated carbocycles. The van der Waals surface area contributed by atoms with E-state index < -0.39 is 0 Å². The third-order valence-corrected chi connectivity index (χ3v) is 5.32. The molecule has 1 fully saturated rings. The molecule has 5 heteroatoms. The smallest absolute Gasteiger partial charge is 0.260 e. The molecule has 0 saturated heterocycles. The van der Waals surface area contributed by atoms with Crippen molar-refractivity contribution in [2.75, 3.05) is 0 Å². The quantitative estimate of drug-likeness (QED) is 0.947. The molecule has 0 atom stereocenters. The standard InChI is InChI=1S/C16H20N2O2S/c1-3-18-9-8-12-14(16(18)20)13(10(2)21-12)15(19)17-11-6-4-5-7-11/h8-9,11H,3-7H2,1-2H3,(H,17,19). The van der Waals surface area contributed by atoms with Crippen LogP contribution in [0, 0.1) is 6.92 Å². The van der Waals surface area contributed by atoms with E-state index in [4.69, 9.17) is 0 Å². The Morgan fingerprint density at radius 1 is 1.43 bits per heavy atom. The zero-order valence-electron chi connectivity index (χ0n) is 12.4. The molecule has 0 unspecified atom stereocenters. The lowest BCUT2D eigenvalue weighted by molar-refractivity contribution is 0.0939. The molecule has 21 heavy (non-hydrogen) atoms. The van der Waals surface area contributed by atoms with Crippen molar-refractivity contribution >= 4 is 27.3 Å². The molecule has 0 spiro atoms. The maximum atomic E-state index is 12.6. The van der Waals surface area contributed by atoms with Crippen molar-refractivity contribution in [3.05, 3.63) is 33.1 Å². The summed E-state index contributed by atoms with van der Waals surface area (Å²) in [6.07, 6.45) is 6.26. The van der Waals surface area contributed by atoms with Crippen molar-refractivity contribution in [1.82, 2.24) is 9.88 Å². The van der Waals surface area contributed by atoms with E-state index in [-0.39, 0.29) is 17.5 Å². The highest BCUT2D eigenvalue weighted by atomic mass is 32.1. The fourth-order valence-corrected chi connectivity index (χ4v) is 4.16.